The van der Waals surface area contributed by atoms with Crippen molar-refractivity contribution in [2.75, 3.05) is 26.7 Å². The molecule has 1 aromatic heterocycles. The largest absolute Gasteiger partial charge is 0.419 e. The Bertz CT molecular complexity index is 660. The summed E-state index contributed by atoms with van der Waals surface area (Å²) in [7, 11) is 2.06. The number of rotatable bonds is 6. The highest BCUT2D eigenvalue weighted by molar-refractivity contribution is 5.52. The number of likely N-dealkylation sites (N-methyl/N-ethyl adjacent to an activating group) is 1. The van der Waals surface area contributed by atoms with Gasteiger partial charge in [-0.3, -0.25) is 9.80 Å². The molecule has 1 saturated heterocycles. The van der Waals surface area contributed by atoms with Crippen LogP contribution in [0.25, 0.3) is 11.5 Å². The molecule has 0 unspecified atom stereocenters. The molecule has 1 aliphatic heterocycles. The second-order valence-corrected chi connectivity index (χ2v) is 6.63. The maximum Gasteiger partial charge on any atom is 0.247 e. The van der Waals surface area contributed by atoms with Gasteiger partial charge in [0.15, 0.2) is 0 Å². The van der Waals surface area contributed by atoms with E-state index in [1.165, 1.54) is 37.9 Å². The van der Waals surface area contributed by atoms with Crippen LogP contribution in [0.2, 0.25) is 0 Å². The van der Waals surface area contributed by atoms with E-state index in [-0.39, 0.29) is 5.82 Å². The van der Waals surface area contributed by atoms with E-state index in [9.17, 15) is 4.39 Å². The molecule has 1 fully saturated rings. The van der Waals surface area contributed by atoms with Crippen molar-refractivity contribution in [1.29, 1.82) is 0 Å². The Morgan fingerprint density at radius 2 is 2.21 bits per heavy atom. The van der Waals surface area contributed by atoms with E-state index < -0.39 is 0 Å². The first kappa shape index (κ1) is 17.0. The van der Waals surface area contributed by atoms with Crippen LogP contribution in [0.15, 0.2) is 28.7 Å². The third kappa shape index (κ3) is 4.39. The smallest absolute Gasteiger partial charge is 0.247 e. The van der Waals surface area contributed by atoms with E-state index in [0.29, 0.717) is 29.9 Å². The van der Waals surface area contributed by atoms with Gasteiger partial charge in [-0.15, -0.1) is 10.2 Å². The van der Waals surface area contributed by atoms with Crippen LogP contribution in [0.3, 0.4) is 0 Å². The minimum atomic E-state index is -0.306. The topological polar surface area (TPSA) is 45.4 Å². The zero-order valence-electron chi connectivity index (χ0n) is 14.4. The molecule has 0 aliphatic carbocycles. The minimum absolute atomic E-state index is 0.306. The van der Waals surface area contributed by atoms with Crippen molar-refractivity contribution >= 4 is 0 Å². The van der Waals surface area contributed by atoms with Crippen molar-refractivity contribution in [3.05, 3.63) is 36.0 Å². The number of piperidine rings is 1. The summed E-state index contributed by atoms with van der Waals surface area (Å²) in [5.74, 6) is 0.617. The molecule has 5 nitrogen and oxygen atoms in total. The Labute approximate surface area is 142 Å². The summed E-state index contributed by atoms with van der Waals surface area (Å²) in [6.07, 6.45) is 3.94. The molecule has 1 aliphatic rings. The summed E-state index contributed by atoms with van der Waals surface area (Å²) in [6.45, 7) is 6.12. The summed E-state index contributed by atoms with van der Waals surface area (Å²) >= 11 is 0. The van der Waals surface area contributed by atoms with Crippen LogP contribution >= 0.6 is 0 Å². The van der Waals surface area contributed by atoms with Crippen LogP contribution in [-0.4, -0.2) is 52.7 Å². The lowest BCUT2D eigenvalue weighted by Gasteiger charge is -2.34. The van der Waals surface area contributed by atoms with Gasteiger partial charge in [0.25, 0.3) is 0 Å². The minimum Gasteiger partial charge on any atom is -0.419 e. The van der Waals surface area contributed by atoms with Gasteiger partial charge in [0, 0.05) is 24.7 Å². The molecule has 0 radical (unpaired) electrons. The second kappa shape index (κ2) is 7.85. The molecule has 0 bridgehead atoms. The molecule has 0 spiro atoms. The quantitative estimate of drug-likeness (QED) is 0.813. The Morgan fingerprint density at radius 3 is 3.00 bits per heavy atom. The van der Waals surface area contributed by atoms with E-state index in [4.69, 9.17) is 4.42 Å². The monoisotopic (exact) mass is 332 g/mol. The molecule has 0 saturated carbocycles. The molecule has 0 N–H and O–H groups in total. The number of hydrogen-bond acceptors (Lipinski definition) is 5. The molecule has 6 heteroatoms. The highest BCUT2D eigenvalue weighted by atomic mass is 19.1. The SMILES string of the molecule is C[C@@H]1CCCCN1CCN(C)Cc1nnc(-c2cccc(F)c2)o1. The summed E-state index contributed by atoms with van der Waals surface area (Å²) in [5, 5.41) is 8.10. The number of aromatic nitrogens is 2. The van der Waals surface area contributed by atoms with Crippen LogP contribution in [0.4, 0.5) is 4.39 Å². The zero-order chi connectivity index (χ0) is 16.9. The van der Waals surface area contributed by atoms with E-state index in [2.05, 4.69) is 34.0 Å². The lowest BCUT2D eigenvalue weighted by atomic mass is 10.0. The highest BCUT2D eigenvalue weighted by Crippen LogP contribution is 2.19. The molecule has 3 rings (SSSR count). The molecule has 24 heavy (non-hydrogen) atoms. The van der Waals surface area contributed by atoms with Gasteiger partial charge in [-0.1, -0.05) is 12.5 Å². The molecule has 2 heterocycles. The summed E-state index contributed by atoms with van der Waals surface area (Å²) in [4.78, 5) is 4.73. The average Bonchev–Trinajstić information content (AvgIpc) is 3.02. The number of halogens is 1. The first-order valence-electron chi connectivity index (χ1n) is 8.63. The lowest BCUT2D eigenvalue weighted by Crippen LogP contribution is -2.41. The zero-order valence-corrected chi connectivity index (χ0v) is 14.4. The Hall–Kier alpha value is -1.79. The standard InChI is InChI=1S/C18H25FN4O/c1-14-6-3-4-9-23(14)11-10-22(2)13-17-20-21-18(24-17)15-7-5-8-16(19)12-15/h5,7-8,12,14H,3-4,6,9-11,13H2,1-2H3/t14-/m1/s1. The summed E-state index contributed by atoms with van der Waals surface area (Å²) < 4.78 is 18.9. The molecule has 0 amide bonds. The normalized spacial score (nSPS) is 19.1. The molecular weight excluding hydrogens is 307 g/mol. The van der Waals surface area contributed by atoms with Gasteiger partial charge < -0.3 is 4.42 Å². The Kier molecular flexibility index (Phi) is 5.58. The fraction of sp³-hybridized carbons (Fsp3) is 0.556. The third-order valence-corrected chi connectivity index (χ3v) is 4.65. The van der Waals surface area contributed by atoms with Gasteiger partial charge in [-0.2, -0.15) is 0 Å². The van der Waals surface area contributed by atoms with Crippen LogP contribution in [0.1, 0.15) is 32.1 Å². The van der Waals surface area contributed by atoms with Crippen molar-refractivity contribution in [3.8, 4) is 11.5 Å². The van der Waals surface area contributed by atoms with Gasteiger partial charge in [0.1, 0.15) is 5.82 Å². The van der Waals surface area contributed by atoms with Gasteiger partial charge in [0.2, 0.25) is 11.8 Å². The van der Waals surface area contributed by atoms with Crippen molar-refractivity contribution in [2.45, 2.75) is 38.8 Å². The van der Waals surface area contributed by atoms with Crippen molar-refractivity contribution in [1.82, 2.24) is 20.0 Å². The summed E-state index contributed by atoms with van der Waals surface area (Å²) in [6, 6.07) is 6.88. The number of likely N-dealkylation sites (tertiary alicyclic amines) is 1. The fourth-order valence-electron chi connectivity index (χ4n) is 3.15. The lowest BCUT2D eigenvalue weighted by molar-refractivity contribution is 0.138. The molecule has 1 atom stereocenters. The van der Waals surface area contributed by atoms with Gasteiger partial charge in [0.05, 0.1) is 6.54 Å². The van der Waals surface area contributed by atoms with Crippen LogP contribution in [0.5, 0.6) is 0 Å². The Morgan fingerprint density at radius 1 is 1.33 bits per heavy atom. The molecular formula is C18H25FN4O. The third-order valence-electron chi connectivity index (χ3n) is 4.65. The summed E-state index contributed by atoms with van der Waals surface area (Å²) in [5.41, 5.74) is 0.610. The predicted octanol–water partition coefficient (Wildman–Crippen LogP) is 3.18. The van der Waals surface area contributed by atoms with E-state index in [1.54, 1.807) is 12.1 Å². The molecule has 2 aromatic rings. The average molecular weight is 332 g/mol. The number of hydrogen-bond donors (Lipinski definition) is 0. The van der Waals surface area contributed by atoms with E-state index in [0.717, 1.165) is 13.1 Å². The number of benzene rings is 1. The molecule has 1 aromatic carbocycles. The first-order valence-corrected chi connectivity index (χ1v) is 8.63. The van der Waals surface area contributed by atoms with Crippen LogP contribution in [-0.2, 0) is 6.54 Å². The maximum absolute atomic E-state index is 13.3. The maximum atomic E-state index is 13.3. The first-order chi connectivity index (χ1) is 11.6. The van der Waals surface area contributed by atoms with Crippen molar-refractivity contribution in [3.63, 3.8) is 0 Å². The Balaban J connectivity index is 1.52. The van der Waals surface area contributed by atoms with Gasteiger partial charge >= 0.3 is 0 Å². The van der Waals surface area contributed by atoms with Crippen LogP contribution < -0.4 is 0 Å². The molecule has 130 valence electrons. The van der Waals surface area contributed by atoms with E-state index >= 15 is 0 Å². The van der Waals surface area contributed by atoms with Crippen LogP contribution in [0, 0.1) is 5.82 Å². The predicted molar refractivity (Wildman–Crippen MR) is 90.9 cm³/mol. The second-order valence-electron chi connectivity index (χ2n) is 6.63. The van der Waals surface area contributed by atoms with Crippen molar-refractivity contribution < 1.29 is 8.81 Å². The fourth-order valence-corrected chi connectivity index (χ4v) is 3.15. The van der Waals surface area contributed by atoms with E-state index in [1.807, 2.05) is 0 Å². The number of nitrogens with zero attached hydrogens (tertiary/aromatic N) is 4. The highest BCUT2D eigenvalue weighted by Gasteiger charge is 2.18. The van der Waals surface area contributed by atoms with Crippen molar-refractivity contribution in [2.24, 2.45) is 0 Å². The van der Waals surface area contributed by atoms with Gasteiger partial charge in [-0.25, -0.2) is 4.39 Å². The van der Waals surface area contributed by atoms with Gasteiger partial charge in [-0.05, 0) is 51.6 Å².